The monoisotopic (exact) mass is 613 g/mol. The topological polar surface area (TPSA) is 95.1 Å². The Labute approximate surface area is 266 Å². The van der Waals surface area contributed by atoms with Gasteiger partial charge in [0.1, 0.15) is 13.2 Å². The summed E-state index contributed by atoms with van der Waals surface area (Å²) in [6, 6.07) is 5.61. The number of alkyl carbamates (subject to hydrolysis) is 1. The van der Waals surface area contributed by atoms with Crippen molar-refractivity contribution in [2.45, 2.75) is 110 Å². The highest BCUT2D eigenvalue weighted by Crippen LogP contribution is 2.15. The third-order valence-electron chi connectivity index (χ3n) is 7.39. The highest BCUT2D eigenvalue weighted by atomic mass is 16.7. The van der Waals surface area contributed by atoms with Crippen molar-refractivity contribution < 1.29 is 28.5 Å². The third kappa shape index (κ3) is 18.9. The van der Waals surface area contributed by atoms with E-state index in [1.165, 1.54) is 0 Å². The normalized spacial score (nSPS) is 15.0. The lowest BCUT2D eigenvalue weighted by atomic mass is 10.1. The van der Waals surface area contributed by atoms with E-state index in [4.69, 9.17) is 18.9 Å². The lowest BCUT2D eigenvalue weighted by molar-refractivity contribution is -0.160. The molecule has 44 heavy (non-hydrogen) atoms. The van der Waals surface area contributed by atoms with Crippen LogP contribution in [0.5, 0.6) is 0 Å². The summed E-state index contributed by atoms with van der Waals surface area (Å²) >= 11 is 0. The molecule has 1 radical (unpaired) electrons. The Bertz CT molecular complexity index is 949. The Kier molecular flexibility index (Phi) is 21.0. The van der Waals surface area contributed by atoms with E-state index < -0.39 is 12.4 Å². The molecular weight excluding hydrogens is 556 g/mol. The molecule has 1 aliphatic heterocycles. The lowest BCUT2D eigenvalue weighted by Gasteiger charge is -2.18. The summed E-state index contributed by atoms with van der Waals surface area (Å²) < 4.78 is 23.0. The summed E-state index contributed by atoms with van der Waals surface area (Å²) in [5.41, 5.74) is 2.37. The number of rotatable bonds is 24. The van der Waals surface area contributed by atoms with E-state index in [9.17, 15) is 9.59 Å². The number of nitrogens with one attached hydrogen (secondary N) is 2. The number of allylic oxidation sites excluding steroid dienone is 4. The van der Waals surface area contributed by atoms with Gasteiger partial charge < -0.3 is 29.6 Å². The Balaban J connectivity index is 1.72. The second-order valence-corrected chi connectivity index (χ2v) is 11.4. The molecule has 0 spiro atoms. The van der Waals surface area contributed by atoms with Gasteiger partial charge in [0.15, 0.2) is 6.29 Å². The molecule has 1 amide bonds. The number of ether oxygens (including phenoxy) is 4. The predicted octanol–water partition coefficient (Wildman–Crippen LogP) is 7.55. The molecule has 1 unspecified atom stereocenters. The van der Waals surface area contributed by atoms with Crippen molar-refractivity contribution in [3.8, 4) is 0 Å². The average Bonchev–Trinajstić information content (AvgIpc) is 3.53. The molecule has 1 saturated heterocycles. The van der Waals surface area contributed by atoms with Gasteiger partial charge in [0.05, 0.1) is 6.42 Å². The summed E-state index contributed by atoms with van der Waals surface area (Å²) in [5, 5.41) is 6.16. The largest absolute Gasteiger partial charge is 0.461 e. The molecule has 1 heterocycles. The number of hydrogen-bond donors (Lipinski definition) is 2. The number of amides is 1. The Morgan fingerprint density at radius 3 is 2.16 bits per heavy atom. The summed E-state index contributed by atoms with van der Waals surface area (Å²) in [6.07, 6.45) is 19.0. The maximum absolute atomic E-state index is 12.6. The van der Waals surface area contributed by atoms with Crippen LogP contribution in [0, 0.1) is 12.8 Å². The molecule has 247 valence electrons. The number of unbranched alkanes of at least 4 members (excludes halogenated alkanes) is 4. The summed E-state index contributed by atoms with van der Waals surface area (Å²) in [5.74, 6) is 0.306. The van der Waals surface area contributed by atoms with Crippen molar-refractivity contribution in [3.63, 3.8) is 0 Å². The number of esters is 1. The van der Waals surface area contributed by atoms with Gasteiger partial charge in [-0.25, -0.2) is 4.79 Å². The minimum atomic E-state index is -0.431. The standard InChI is InChI=1S/C36H57N2O6/c1-4-6-8-10-12-14-22-41-35(42-23-15-13-11-9-7-5-2)17-16-34(39)43-28-32-24-30(3)25-33(26-32)29-44-36(40)38-21-19-31-18-20-37-27-31/h6-9,24-26,31,35,37H,3-5,10-23,27-29H2,1-2H3,(H,38,40)/b8-6-,9-7-. The van der Waals surface area contributed by atoms with E-state index in [0.717, 1.165) is 94.0 Å². The van der Waals surface area contributed by atoms with Gasteiger partial charge in [0.2, 0.25) is 0 Å². The van der Waals surface area contributed by atoms with Gasteiger partial charge >= 0.3 is 12.1 Å². The average molecular weight is 614 g/mol. The van der Waals surface area contributed by atoms with Crippen molar-refractivity contribution in [2.75, 3.05) is 32.8 Å². The number of hydrogen-bond acceptors (Lipinski definition) is 7. The first-order valence-electron chi connectivity index (χ1n) is 16.7. The zero-order valence-electron chi connectivity index (χ0n) is 27.3. The van der Waals surface area contributed by atoms with Gasteiger partial charge in [-0.05, 0) is 113 Å². The van der Waals surface area contributed by atoms with Gasteiger partial charge in [-0.3, -0.25) is 4.79 Å². The zero-order valence-corrected chi connectivity index (χ0v) is 27.3. The lowest BCUT2D eigenvalue weighted by Crippen LogP contribution is -2.27. The molecule has 8 heteroatoms. The molecule has 0 aliphatic carbocycles. The van der Waals surface area contributed by atoms with E-state index in [2.05, 4.69) is 55.7 Å². The van der Waals surface area contributed by atoms with Gasteiger partial charge in [0.25, 0.3) is 0 Å². The SMILES string of the molecule is [CH2]c1cc(COC(=O)CCC(OCCCC/C=C\CC)OCCCC/C=C\CC)cc(COC(=O)NCCC2CCNC2)c1. The van der Waals surface area contributed by atoms with Crippen LogP contribution in [0.4, 0.5) is 4.79 Å². The van der Waals surface area contributed by atoms with E-state index in [1.54, 1.807) is 0 Å². The van der Waals surface area contributed by atoms with Gasteiger partial charge in [-0.15, -0.1) is 0 Å². The molecule has 0 bridgehead atoms. The number of carbonyl (C=O) groups is 2. The minimum absolute atomic E-state index is 0.125. The van der Waals surface area contributed by atoms with Crippen LogP contribution in [-0.2, 0) is 37.0 Å². The molecule has 1 aromatic rings. The van der Waals surface area contributed by atoms with E-state index >= 15 is 0 Å². The fourth-order valence-electron chi connectivity index (χ4n) is 4.96. The smallest absolute Gasteiger partial charge is 0.407 e. The fraction of sp³-hybridized carbons (Fsp3) is 0.639. The van der Waals surface area contributed by atoms with Crippen LogP contribution >= 0.6 is 0 Å². The maximum Gasteiger partial charge on any atom is 0.407 e. The molecule has 1 aromatic carbocycles. The van der Waals surface area contributed by atoms with Crippen LogP contribution in [0.3, 0.4) is 0 Å². The van der Waals surface area contributed by atoms with Crippen LogP contribution in [-0.4, -0.2) is 51.2 Å². The molecule has 0 aromatic heterocycles. The summed E-state index contributed by atoms with van der Waals surface area (Å²) in [6.45, 7) is 12.4. The third-order valence-corrected chi connectivity index (χ3v) is 7.39. The molecule has 1 aliphatic rings. The molecule has 1 fully saturated rings. The first-order valence-corrected chi connectivity index (χ1v) is 16.7. The van der Waals surface area contributed by atoms with Gasteiger partial charge in [-0.2, -0.15) is 0 Å². The first kappa shape index (κ1) is 37.5. The van der Waals surface area contributed by atoms with Crippen molar-refractivity contribution in [1.29, 1.82) is 0 Å². The van der Waals surface area contributed by atoms with Gasteiger partial charge in [0, 0.05) is 26.2 Å². The Morgan fingerprint density at radius 2 is 1.57 bits per heavy atom. The van der Waals surface area contributed by atoms with Crippen molar-refractivity contribution >= 4 is 12.1 Å². The van der Waals surface area contributed by atoms with Crippen LogP contribution in [0.25, 0.3) is 0 Å². The van der Waals surface area contributed by atoms with Crippen LogP contribution in [0.2, 0.25) is 0 Å². The fourth-order valence-corrected chi connectivity index (χ4v) is 4.96. The zero-order chi connectivity index (χ0) is 31.7. The van der Waals surface area contributed by atoms with Crippen LogP contribution < -0.4 is 10.6 Å². The Morgan fingerprint density at radius 1 is 0.932 bits per heavy atom. The quantitative estimate of drug-likeness (QED) is 0.0538. The highest BCUT2D eigenvalue weighted by molar-refractivity contribution is 5.69. The van der Waals surface area contributed by atoms with E-state index in [1.807, 2.05) is 18.2 Å². The first-order chi connectivity index (χ1) is 21.5. The molecular formula is C36H57N2O6. The van der Waals surface area contributed by atoms with E-state index in [0.29, 0.717) is 32.1 Å². The van der Waals surface area contributed by atoms with Crippen LogP contribution in [0.1, 0.15) is 108 Å². The van der Waals surface area contributed by atoms with E-state index in [-0.39, 0.29) is 25.6 Å². The van der Waals surface area contributed by atoms with Crippen molar-refractivity contribution in [2.24, 2.45) is 5.92 Å². The van der Waals surface area contributed by atoms with Gasteiger partial charge in [-0.1, -0.05) is 50.3 Å². The molecule has 2 N–H and O–H groups in total. The number of benzene rings is 1. The Hall–Kier alpha value is -2.68. The van der Waals surface area contributed by atoms with Crippen molar-refractivity contribution in [3.05, 3.63) is 66.1 Å². The maximum atomic E-state index is 12.6. The second kappa shape index (κ2) is 24.6. The molecule has 2 rings (SSSR count). The van der Waals surface area contributed by atoms with Crippen LogP contribution in [0.15, 0.2) is 42.5 Å². The molecule has 1 atom stereocenters. The molecule has 0 saturated carbocycles. The number of carbonyl (C=O) groups excluding carboxylic acids is 2. The second-order valence-electron chi connectivity index (χ2n) is 11.4. The summed E-state index contributed by atoms with van der Waals surface area (Å²) in [4.78, 5) is 24.7. The predicted molar refractivity (Wildman–Crippen MR) is 176 cm³/mol. The minimum Gasteiger partial charge on any atom is -0.461 e. The van der Waals surface area contributed by atoms with Crippen molar-refractivity contribution in [1.82, 2.24) is 10.6 Å². The highest BCUT2D eigenvalue weighted by Gasteiger charge is 2.15. The summed E-state index contributed by atoms with van der Waals surface area (Å²) in [7, 11) is 0. The molecule has 8 nitrogen and oxygen atoms in total.